The fourth-order valence-corrected chi connectivity index (χ4v) is 4.21. The standard InChI is InChI=1S/C23H33N3O4/c1-2-12-24-22(28)19-15-26(14-18-11-8-13-30-18)16-20(21(19)27)23(29)25-17-9-6-4-3-5-7-10-17/h2,15-18H,1,3-14H2,(H,24,28)(H,25,29)/t18-/m1/s1. The van der Waals surface area contributed by atoms with E-state index in [1.54, 1.807) is 16.8 Å². The smallest absolute Gasteiger partial charge is 0.257 e. The van der Waals surface area contributed by atoms with Gasteiger partial charge in [-0.2, -0.15) is 0 Å². The summed E-state index contributed by atoms with van der Waals surface area (Å²) >= 11 is 0. The number of amides is 2. The van der Waals surface area contributed by atoms with Crippen LogP contribution in [0.1, 0.15) is 78.5 Å². The highest BCUT2D eigenvalue weighted by Crippen LogP contribution is 2.18. The minimum Gasteiger partial charge on any atom is -0.376 e. The maximum atomic E-state index is 13.0. The third kappa shape index (κ3) is 6.05. The summed E-state index contributed by atoms with van der Waals surface area (Å²) < 4.78 is 7.43. The fourth-order valence-electron chi connectivity index (χ4n) is 4.21. The molecule has 1 saturated carbocycles. The Labute approximate surface area is 177 Å². The minimum atomic E-state index is -0.538. The molecule has 1 aromatic heterocycles. The van der Waals surface area contributed by atoms with E-state index in [4.69, 9.17) is 4.74 Å². The first kappa shape index (κ1) is 22.3. The third-order valence-electron chi connectivity index (χ3n) is 5.85. The number of nitrogens with zero attached hydrogens (tertiary/aromatic N) is 1. The third-order valence-corrected chi connectivity index (χ3v) is 5.85. The lowest BCUT2D eigenvalue weighted by molar-refractivity contribution is 0.0915. The van der Waals surface area contributed by atoms with Crippen molar-refractivity contribution in [1.82, 2.24) is 15.2 Å². The van der Waals surface area contributed by atoms with E-state index >= 15 is 0 Å². The zero-order valence-electron chi connectivity index (χ0n) is 17.7. The molecule has 2 heterocycles. The molecule has 1 saturated heterocycles. The highest BCUT2D eigenvalue weighted by Gasteiger charge is 2.23. The van der Waals surface area contributed by atoms with Crippen LogP contribution >= 0.6 is 0 Å². The van der Waals surface area contributed by atoms with Crippen LogP contribution in [0.3, 0.4) is 0 Å². The van der Waals surface area contributed by atoms with Gasteiger partial charge in [0.2, 0.25) is 5.43 Å². The number of rotatable bonds is 7. The predicted octanol–water partition coefficient (Wildman–Crippen LogP) is 2.79. The Balaban J connectivity index is 1.84. The Bertz CT molecular complexity index is 803. The van der Waals surface area contributed by atoms with Gasteiger partial charge >= 0.3 is 0 Å². The van der Waals surface area contributed by atoms with Gasteiger partial charge in [-0.3, -0.25) is 14.4 Å². The molecule has 0 spiro atoms. The van der Waals surface area contributed by atoms with E-state index in [-0.39, 0.29) is 29.8 Å². The maximum absolute atomic E-state index is 13.0. The lowest BCUT2D eigenvalue weighted by Crippen LogP contribution is -2.40. The Morgan fingerprint density at radius 2 is 1.70 bits per heavy atom. The normalized spacial score (nSPS) is 20.2. The Kier molecular flexibility index (Phi) is 8.25. The second kappa shape index (κ2) is 11.1. The average molecular weight is 416 g/mol. The van der Waals surface area contributed by atoms with Gasteiger partial charge in [0.05, 0.1) is 6.10 Å². The van der Waals surface area contributed by atoms with E-state index in [0.29, 0.717) is 13.2 Å². The summed E-state index contributed by atoms with van der Waals surface area (Å²) in [6.07, 6.45) is 14.2. The van der Waals surface area contributed by atoms with Crippen LogP contribution in [0.4, 0.5) is 0 Å². The van der Waals surface area contributed by atoms with Crippen molar-refractivity contribution in [3.63, 3.8) is 0 Å². The quantitative estimate of drug-likeness (QED) is 0.670. The van der Waals surface area contributed by atoms with Crippen molar-refractivity contribution in [2.75, 3.05) is 13.2 Å². The topological polar surface area (TPSA) is 89.4 Å². The van der Waals surface area contributed by atoms with Crippen molar-refractivity contribution in [2.45, 2.75) is 76.5 Å². The van der Waals surface area contributed by atoms with Crippen LogP contribution in [0.2, 0.25) is 0 Å². The van der Waals surface area contributed by atoms with Gasteiger partial charge in [0, 0.05) is 38.1 Å². The summed E-state index contributed by atoms with van der Waals surface area (Å²) in [4.78, 5) is 38.5. The van der Waals surface area contributed by atoms with Crippen LogP contribution in [0.25, 0.3) is 0 Å². The van der Waals surface area contributed by atoms with Gasteiger partial charge in [0.1, 0.15) is 11.1 Å². The number of hydrogen-bond acceptors (Lipinski definition) is 4. The van der Waals surface area contributed by atoms with Gasteiger partial charge in [0.15, 0.2) is 0 Å². The van der Waals surface area contributed by atoms with Crippen molar-refractivity contribution in [1.29, 1.82) is 0 Å². The predicted molar refractivity (Wildman–Crippen MR) is 116 cm³/mol. The highest BCUT2D eigenvalue weighted by molar-refractivity contribution is 5.99. The molecule has 2 N–H and O–H groups in total. The Hall–Kier alpha value is -2.41. The molecule has 1 atom stereocenters. The summed E-state index contributed by atoms with van der Waals surface area (Å²) in [6.45, 7) is 5.05. The van der Waals surface area contributed by atoms with Crippen LogP contribution in [0.15, 0.2) is 29.8 Å². The molecular formula is C23H33N3O4. The van der Waals surface area contributed by atoms with Gasteiger partial charge in [0.25, 0.3) is 11.8 Å². The van der Waals surface area contributed by atoms with Gasteiger partial charge in [-0.25, -0.2) is 0 Å². The summed E-state index contributed by atoms with van der Waals surface area (Å²) in [6, 6.07) is 0.0714. The molecule has 1 aromatic rings. The van der Waals surface area contributed by atoms with Crippen molar-refractivity contribution < 1.29 is 14.3 Å². The van der Waals surface area contributed by atoms with E-state index in [2.05, 4.69) is 17.2 Å². The average Bonchev–Trinajstić information content (AvgIpc) is 3.22. The first-order valence-electron chi connectivity index (χ1n) is 11.1. The van der Waals surface area contributed by atoms with E-state index in [0.717, 1.165) is 38.5 Å². The van der Waals surface area contributed by atoms with Crippen LogP contribution in [-0.4, -0.2) is 41.7 Å². The molecule has 7 nitrogen and oxygen atoms in total. The van der Waals surface area contributed by atoms with Crippen molar-refractivity contribution in [3.05, 3.63) is 46.4 Å². The Morgan fingerprint density at radius 3 is 2.33 bits per heavy atom. The molecule has 1 aliphatic carbocycles. The van der Waals surface area contributed by atoms with Crippen molar-refractivity contribution in [2.24, 2.45) is 0 Å². The molecule has 0 bridgehead atoms. The maximum Gasteiger partial charge on any atom is 0.257 e. The number of hydrogen-bond donors (Lipinski definition) is 2. The van der Waals surface area contributed by atoms with E-state index in [1.165, 1.54) is 25.5 Å². The lowest BCUT2D eigenvalue weighted by atomic mass is 9.96. The first-order chi connectivity index (χ1) is 14.6. The van der Waals surface area contributed by atoms with E-state index < -0.39 is 17.2 Å². The second-order valence-corrected chi connectivity index (χ2v) is 8.26. The second-order valence-electron chi connectivity index (χ2n) is 8.26. The molecule has 2 fully saturated rings. The van der Waals surface area contributed by atoms with Crippen LogP contribution in [0, 0.1) is 0 Å². The zero-order chi connectivity index (χ0) is 21.3. The van der Waals surface area contributed by atoms with Gasteiger partial charge in [-0.05, 0) is 25.7 Å². The lowest BCUT2D eigenvalue weighted by Gasteiger charge is -2.21. The minimum absolute atomic E-state index is 0.0151. The largest absolute Gasteiger partial charge is 0.376 e. The van der Waals surface area contributed by atoms with Gasteiger partial charge in [-0.1, -0.05) is 38.2 Å². The molecule has 0 unspecified atom stereocenters. The monoisotopic (exact) mass is 415 g/mol. The van der Waals surface area contributed by atoms with Crippen LogP contribution in [0.5, 0.6) is 0 Å². The number of carbonyl (C=O) groups is 2. The number of carbonyl (C=O) groups excluding carboxylic acids is 2. The first-order valence-corrected chi connectivity index (χ1v) is 11.1. The molecule has 0 radical (unpaired) electrons. The van der Waals surface area contributed by atoms with Crippen LogP contribution < -0.4 is 16.1 Å². The van der Waals surface area contributed by atoms with E-state index in [1.807, 2.05) is 0 Å². The van der Waals surface area contributed by atoms with Crippen LogP contribution in [-0.2, 0) is 11.3 Å². The SMILES string of the molecule is C=CCNC(=O)c1cn(C[C@H]2CCCO2)cc(C(=O)NC2CCCCCCC2)c1=O. The fraction of sp³-hybridized carbons (Fsp3) is 0.609. The van der Waals surface area contributed by atoms with Crippen molar-refractivity contribution in [3.8, 4) is 0 Å². The molecule has 164 valence electrons. The molecule has 30 heavy (non-hydrogen) atoms. The summed E-state index contributed by atoms with van der Waals surface area (Å²) in [7, 11) is 0. The zero-order valence-corrected chi connectivity index (χ0v) is 17.7. The molecule has 0 aromatic carbocycles. The number of pyridine rings is 1. The van der Waals surface area contributed by atoms with Gasteiger partial charge < -0.3 is 19.9 Å². The summed E-state index contributed by atoms with van der Waals surface area (Å²) in [5, 5.41) is 5.68. The molecule has 3 rings (SSSR count). The Morgan fingerprint density at radius 1 is 1.03 bits per heavy atom. The molecule has 2 amide bonds. The molecule has 7 heteroatoms. The number of nitrogens with one attached hydrogen (secondary N) is 2. The molecule has 1 aliphatic heterocycles. The van der Waals surface area contributed by atoms with E-state index in [9.17, 15) is 14.4 Å². The summed E-state index contributed by atoms with van der Waals surface area (Å²) in [5.74, 6) is -0.897. The molecule has 2 aliphatic rings. The molecular weight excluding hydrogens is 382 g/mol. The number of aromatic nitrogens is 1. The summed E-state index contributed by atoms with van der Waals surface area (Å²) in [5.41, 5.74) is -0.551. The highest BCUT2D eigenvalue weighted by atomic mass is 16.5. The van der Waals surface area contributed by atoms with Gasteiger partial charge in [-0.15, -0.1) is 6.58 Å². The van der Waals surface area contributed by atoms with Crippen molar-refractivity contribution >= 4 is 11.8 Å². The number of ether oxygens (including phenoxy) is 1.